The Morgan fingerprint density at radius 3 is 2.67 bits per heavy atom. The van der Waals surface area contributed by atoms with E-state index >= 15 is 0 Å². The highest BCUT2D eigenvalue weighted by atomic mass is 19.1. The SMILES string of the molecule is CC(C)CC(=O)Nc1cc(N)cc(F)c1. The number of nitrogen functional groups attached to an aromatic ring is 1. The summed E-state index contributed by atoms with van der Waals surface area (Å²) in [5.74, 6) is -0.305. The largest absolute Gasteiger partial charge is 0.399 e. The number of benzene rings is 1. The van der Waals surface area contributed by atoms with Crippen molar-refractivity contribution in [3.63, 3.8) is 0 Å². The summed E-state index contributed by atoms with van der Waals surface area (Å²) in [5, 5.41) is 2.60. The van der Waals surface area contributed by atoms with E-state index in [4.69, 9.17) is 5.73 Å². The number of anilines is 2. The second-order valence-corrected chi connectivity index (χ2v) is 3.92. The summed E-state index contributed by atoms with van der Waals surface area (Å²) in [6, 6.07) is 3.98. The molecule has 0 spiro atoms. The van der Waals surface area contributed by atoms with Crippen LogP contribution in [0.5, 0.6) is 0 Å². The van der Waals surface area contributed by atoms with Gasteiger partial charge in [-0.1, -0.05) is 13.8 Å². The van der Waals surface area contributed by atoms with Crippen molar-refractivity contribution < 1.29 is 9.18 Å². The number of halogens is 1. The minimum atomic E-state index is -0.449. The van der Waals surface area contributed by atoms with Gasteiger partial charge in [0.2, 0.25) is 5.91 Å². The van der Waals surface area contributed by atoms with Gasteiger partial charge in [0, 0.05) is 17.8 Å². The molecule has 0 saturated heterocycles. The van der Waals surface area contributed by atoms with E-state index < -0.39 is 5.82 Å². The van der Waals surface area contributed by atoms with Gasteiger partial charge in [-0.2, -0.15) is 0 Å². The molecular weight excluding hydrogens is 195 g/mol. The maximum atomic E-state index is 12.9. The number of hydrogen-bond acceptors (Lipinski definition) is 2. The Bertz CT molecular complexity index is 343. The highest BCUT2D eigenvalue weighted by Crippen LogP contribution is 2.16. The average molecular weight is 210 g/mol. The second-order valence-electron chi connectivity index (χ2n) is 3.92. The van der Waals surface area contributed by atoms with Gasteiger partial charge >= 0.3 is 0 Å². The Kier molecular flexibility index (Phi) is 3.66. The molecule has 82 valence electrons. The normalized spacial score (nSPS) is 10.4. The highest BCUT2D eigenvalue weighted by Gasteiger charge is 2.06. The van der Waals surface area contributed by atoms with Crippen molar-refractivity contribution in [2.75, 3.05) is 11.1 Å². The van der Waals surface area contributed by atoms with Gasteiger partial charge in [0.25, 0.3) is 0 Å². The Morgan fingerprint density at radius 1 is 1.47 bits per heavy atom. The highest BCUT2D eigenvalue weighted by molar-refractivity contribution is 5.91. The van der Waals surface area contributed by atoms with Gasteiger partial charge in [-0.25, -0.2) is 4.39 Å². The van der Waals surface area contributed by atoms with Crippen molar-refractivity contribution in [1.82, 2.24) is 0 Å². The van der Waals surface area contributed by atoms with Crippen molar-refractivity contribution in [2.45, 2.75) is 20.3 Å². The molecule has 0 atom stereocenters. The third-order valence-corrected chi connectivity index (χ3v) is 1.80. The molecule has 0 aliphatic carbocycles. The van der Waals surface area contributed by atoms with Crippen LogP contribution < -0.4 is 11.1 Å². The van der Waals surface area contributed by atoms with E-state index in [1.165, 1.54) is 18.2 Å². The van der Waals surface area contributed by atoms with Crippen molar-refractivity contribution in [3.8, 4) is 0 Å². The number of rotatable bonds is 3. The first-order valence-corrected chi connectivity index (χ1v) is 4.83. The van der Waals surface area contributed by atoms with Crippen LogP contribution in [0.2, 0.25) is 0 Å². The molecule has 0 radical (unpaired) electrons. The third kappa shape index (κ3) is 3.97. The smallest absolute Gasteiger partial charge is 0.224 e. The molecule has 1 aromatic carbocycles. The third-order valence-electron chi connectivity index (χ3n) is 1.80. The molecule has 0 saturated carbocycles. The van der Waals surface area contributed by atoms with Crippen LogP contribution in [0.3, 0.4) is 0 Å². The van der Waals surface area contributed by atoms with Crippen LogP contribution in [0.25, 0.3) is 0 Å². The zero-order valence-corrected chi connectivity index (χ0v) is 8.88. The lowest BCUT2D eigenvalue weighted by Crippen LogP contribution is -2.14. The molecule has 0 aliphatic heterocycles. The Morgan fingerprint density at radius 2 is 2.13 bits per heavy atom. The summed E-state index contributed by atoms with van der Waals surface area (Å²) in [7, 11) is 0. The van der Waals surface area contributed by atoms with E-state index in [0.29, 0.717) is 17.8 Å². The van der Waals surface area contributed by atoms with Gasteiger partial charge in [0.15, 0.2) is 0 Å². The lowest BCUT2D eigenvalue weighted by molar-refractivity contribution is -0.116. The summed E-state index contributed by atoms with van der Waals surface area (Å²) in [6.07, 6.45) is 0.413. The summed E-state index contributed by atoms with van der Waals surface area (Å²) >= 11 is 0. The predicted molar refractivity (Wildman–Crippen MR) is 58.9 cm³/mol. The number of amides is 1. The lowest BCUT2D eigenvalue weighted by Gasteiger charge is -2.07. The molecule has 0 aliphatic rings. The number of hydrogen-bond donors (Lipinski definition) is 2. The number of nitrogens with two attached hydrogens (primary N) is 1. The van der Waals surface area contributed by atoms with Gasteiger partial charge in [-0.05, 0) is 24.1 Å². The molecule has 15 heavy (non-hydrogen) atoms. The standard InChI is InChI=1S/C11H15FN2O/c1-7(2)3-11(15)14-10-5-8(12)4-9(13)6-10/h4-7H,3,13H2,1-2H3,(H,14,15). The topological polar surface area (TPSA) is 55.1 Å². The Hall–Kier alpha value is -1.58. The second kappa shape index (κ2) is 4.77. The van der Waals surface area contributed by atoms with Gasteiger partial charge in [0.05, 0.1) is 0 Å². The fourth-order valence-corrected chi connectivity index (χ4v) is 1.27. The van der Waals surface area contributed by atoms with E-state index in [0.717, 1.165) is 0 Å². The van der Waals surface area contributed by atoms with Crippen molar-refractivity contribution in [2.24, 2.45) is 5.92 Å². The number of carbonyl (C=O) groups excluding carboxylic acids is 1. The molecule has 0 fully saturated rings. The summed E-state index contributed by atoms with van der Waals surface area (Å²) in [4.78, 5) is 11.4. The fourth-order valence-electron chi connectivity index (χ4n) is 1.27. The molecular formula is C11H15FN2O. The van der Waals surface area contributed by atoms with Crippen molar-refractivity contribution in [1.29, 1.82) is 0 Å². The maximum absolute atomic E-state index is 12.9. The Balaban J connectivity index is 2.68. The summed E-state index contributed by atoms with van der Waals surface area (Å²) in [6.45, 7) is 3.89. The zero-order valence-electron chi connectivity index (χ0n) is 8.88. The maximum Gasteiger partial charge on any atom is 0.224 e. The number of carbonyl (C=O) groups is 1. The lowest BCUT2D eigenvalue weighted by atomic mass is 10.1. The van der Waals surface area contributed by atoms with Crippen LogP contribution in [0.15, 0.2) is 18.2 Å². The van der Waals surface area contributed by atoms with Crippen LogP contribution >= 0.6 is 0 Å². The van der Waals surface area contributed by atoms with Gasteiger partial charge in [-0.15, -0.1) is 0 Å². The molecule has 3 nitrogen and oxygen atoms in total. The van der Waals surface area contributed by atoms with E-state index in [1.54, 1.807) is 0 Å². The molecule has 1 rings (SSSR count). The number of nitrogens with one attached hydrogen (secondary N) is 1. The first-order chi connectivity index (χ1) is 6.97. The van der Waals surface area contributed by atoms with Gasteiger partial charge in [0.1, 0.15) is 5.82 Å². The van der Waals surface area contributed by atoms with Crippen LogP contribution in [-0.2, 0) is 4.79 Å². The molecule has 4 heteroatoms. The summed E-state index contributed by atoms with van der Waals surface area (Å²) < 4.78 is 12.9. The van der Waals surface area contributed by atoms with E-state index in [1.807, 2.05) is 13.8 Å². The first kappa shape index (κ1) is 11.5. The van der Waals surface area contributed by atoms with Crippen LogP contribution in [-0.4, -0.2) is 5.91 Å². The Labute approximate surface area is 88.5 Å². The molecule has 1 aromatic rings. The fraction of sp³-hybridized carbons (Fsp3) is 0.364. The van der Waals surface area contributed by atoms with Crippen LogP contribution in [0.1, 0.15) is 20.3 Å². The molecule has 0 heterocycles. The predicted octanol–water partition coefficient (Wildman–Crippen LogP) is 2.39. The van der Waals surface area contributed by atoms with Crippen LogP contribution in [0, 0.1) is 11.7 Å². The zero-order chi connectivity index (χ0) is 11.4. The monoisotopic (exact) mass is 210 g/mol. The van der Waals surface area contributed by atoms with Crippen molar-refractivity contribution in [3.05, 3.63) is 24.0 Å². The average Bonchev–Trinajstić information content (AvgIpc) is 1.98. The first-order valence-electron chi connectivity index (χ1n) is 4.83. The molecule has 0 aromatic heterocycles. The molecule has 3 N–H and O–H groups in total. The van der Waals surface area contributed by atoms with E-state index in [9.17, 15) is 9.18 Å². The quantitative estimate of drug-likeness (QED) is 0.752. The molecule has 0 unspecified atom stereocenters. The van der Waals surface area contributed by atoms with E-state index in [-0.39, 0.29) is 11.8 Å². The molecule has 0 bridgehead atoms. The molecule has 1 amide bonds. The van der Waals surface area contributed by atoms with Gasteiger partial charge < -0.3 is 11.1 Å². The minimum Gasteiger partial charge on any atom is -0.399 e. The van der Waals surface area contributed by atoms with Gasteiger partial charge in [-0.3, -0.25) is 4.79 Å². The minimum absolute atomic E-state index is 0.130. The van der Waals surface area contributed by atoms with E-state index in [2.05, 4.69) is 5.32 Å². The van der Waals surface area contributed by atoms with Crippen molar-refractivity contribution >= 4 is 17.3 Å². The summed E-state index contributed by atoms with van der Waals surface area (Å²) in [5.41, 5.74) is 6.15. The van der Waals surface area contributed by atoms with Crippen LogP contribution in [0.4, 0.5) is 15.8 Å².